The van der Waals surface area contributed by atoms with Crippen molar-refractivity contribution in [2.75, 3.05) is 6.54 Å². The number of fused-ring (bicyclic) bond motifs is 1. The highest BCUT2D eigenvalue weighted by molar-refractivity contribution is 9.10. The number of nitrogens with zero attached hydrogens (tertiary/aromatic N) is 2. The molecular formula is C18H23BrClN3O3. The largest absolute Gasteiger partial charge is 0.391 e. The zero-order valence-corrected chi connectivity index (χ0v) is 17.0. The first-order chi connectivity index (χ1) is 12.0. The second-order valence-electron chi connectivity index (χ2n) is 6.51. The monoisotopic (exact) mass is 443 g/mol. The Morgan fingerprint density at radius 2 is 2.23 bits per heavy atom. The standard InChI is InChI=1S/C18H22BrN3O3.ClH/c1-2-11-6-12(19)7-14-17(11)21-10-22(18(14)25)9-13(23)8-15-16(24)4-3-5-20-15;/h6-7,10,15-16,20,24H,2-5,8-9H2,1H3;1H/t15-,16+;/m1./s1. The molecule has 1 aromatic carbocycles. The van der Waals surface area contributed by atoms with Gasteiger partial charge in [-0.05, 0) is 43.5 Å². The summed E-state index contributed by atoms with van der Waals surface area (Å²) in [5.74, 6) is -0.0904. The quantitative estimate of drug-likeness (QED) is 0.739. The van der Waals surface area contributed by atoms with Crippen molar-refractivity contribution in [3.05, 3.63) is 38.9 Å². The van der Waals surface area contributed by atoms with Crippen molar-refractivity contribution in [2.24, 2.45) is 0 Å². The van der Waals surface area contributed by atoms with E-state index in [1.165, 1.54) is 10.9 Å². The van der Waals surface area contributed by atoms with Gasteiger partial charge in [0.2, 0.25) is 0 Å². The molecule has 1 saturated heterocycles. The van der Waals surface area contributed by atoms with Crippen LogP contribution in [0.1, 0.15) is 31.7 Å². The molecule has 2 aromatic rings. The summed E-state index contributed by atoms with van der Waals surface area (Å²) >= 11 is 3.43. The van der Waals surface area contributed by atoms with Crippen LogP contribution in [0.15, 0.2) is 27.7 Å². The Morgan fingerprint density at radius 3 is 2.92 bits per heavy atom. The fourth-order valence-corrected chi connectivity index (χ4v) is 3.84. The van der Waals surface area contributed by atoms with E-state index in [0.29, 0.717) is 17.3 Å². The van der Waals surface area contributed by atoms with Crippen molar-refractivity contribution in [1.82, 2.24) is 14.9 Å². The molecule has 0 spiro atoms. The molecule has 142 valence electrons. The van der Waals surface area contributed by atoms with E-state index in [9.17, 15) is 14.7 Å². The van der Waals surface area contributed by atoms with E-state index in [2.05, 4.69) is 26.2 Å². The topological polar surface area (TPSA) is 84.2 Å². The number of hydrogen-bond acceptors (Lipinski definition) is 5. The van der Waals surface area contributed by atoms with Gasteiger partial charge in [0.15, 0.2) is 5.78 Å². The Bertz CT molecular complexity index is 855. The Balaban J connectivity index is 0.00000243. The Labute approximate surface area is 166 Å². The average Bonchev–Trinajstić information content (AvgIpc) is 2.59. The number of aromatic nitrogens is 2. The van der Waals surface area contributed by atoms with Gasteiger partial charge in [0.05, 0.1) is 29.9 Å². The highest BCUT2D eigenvalue weighted by Gasteiger charge is 2.25. The summed E-state index contributed by atoms with van der Waals surface area (Å²) in [5, 5.41) is 13.7. The molecule has 0 aliphatic carbocycles. The number of nitrogens with one attached hydrogen (secondary N) is 1. The normalized spacial score (nSPS) is 20.0. The molecule has 0 unspecified atom stereocenters. The number of carbonyl (C=O) groups is 1. The number of Topliss-reactive ketones (excluding diaryl/α,β-unsaturated/α-hetero) is 1. The van der Waals surface area contributed by atoms with E-state index >= 15 is 0 Å². The number of aliphatic hydroxyl groups is 1. The highest BCUT2D eigenvalue weighted by atomic mass is 79.9. The molecule has 0 amide bonds. The zero-order valence-electron chi connectivity index (χ0n) is 14.6. The van der Waals surface area contributed by atoms with E-state index in [1.807, 2.05) is 13.0 Å². The number of piperidine rings is 1. The van der Waals surface area contributed by atoms with Gasteiger partial charge in [-0.3, -0.25) is 14.2 Å². The maximum Gasteiger partial charge on any atom is 0.261 e. The first-order valence-electron chi connectivity index (χ1n) is 8.60. The number of aliphatic hydroxyl groups excluding tert-OH is 1. The van der Waals surface area contributed by atoms with Crippen LogP contribution in [-0.2, 0) is 17.8 Å². The second kappa shape index (κ2) is 9.08. The lowest BCUT2D eigenvalue weighted by Gasteiger charge is -2.28. The van der Waals surface area contributed by atoms with E-state index < -0.39 is 6.10 Å². The predicted octanol–water partition coefficient (Wildman–Crippen LogP) is 2.22. The number of benzene rings is 1. The first kappa shape index (κ1) is 21.0. The third-order valence-corrected chi connectivity index (χ3v) is 5.15. The minimum atomic E-state index is -0.507. The molecule has 26 heavy (non-hydrogen) atoms. The molecule has 2 atom stereocenters. The molecule has 6 nitrogen and oxygen atoms in total. The molecule has 0 radical (unpaired) electrons. The van der Waals surface area contributed by atoms with Crippen LogP contribution >= 0.6 is 28.3 Å². The van der Waals surface area contributed by atoms with E-state index in [0.717, 1.165) is 29.4 Å². The number of ketones is 1. The molecule has 3 rings (SSSR count). The summed E-state index contributed by atoms with van der Waals surface area (Å²) < 4.78 is 2.18. The van der Waals surface area contributed by atoms with Gasteiger partial charge in [-0.2, -0.15) is 0 Å². The van der Waals surface area contributed by atoms with Crippen LogP contribution < -0.4 is 10.9 Å². The maximum atomic E-state index is 12.7. The zero-order chi connectivity index (χ0) is 18.0. The van der Waals surface area contributed by atoms with Crippen molar-refractivity contribution < 1.29 is 9.90 Å². The van der Waals surface area contributed by atoms with Crippen molar-refractivity contribution >= 4 is 45.0 Å². The van der Waals surface area contributed by atoms with Gasteiger partial charge in [-0.25, -0.2) is 4.98 Å². The summed E-state index contributed by atoms with van der Waals surface area (Å²) in [6.45, 7) is 2.79. The summed E-state index contributed by atoms with van der Waals surface area (Å²) in [4.78, 5) is 29.5. The molecule has 1 aliphatic rings. The lowest BCUT2D eigenvalue weighted by Crippen LogP contribution is -2.46. The fourth-order valence-electron chi connectivity index (χ4n) is 3.33. The fraction of sp³-hybridized carbons (Fsp3) is 0.500. The second-order valence-corrected chi connectivity index (χ2v) is 7.42. The van der Waals surface area contributed by atoms with Crippen molar-refractivity contribution in [3.63, 3.8) is 0 Å². The molecule has 0 saturated carbocycles. The van der Waals surface area contributed by atoms with Crippen molar-refractivity contribution in [3.8, 4) is 0 Å². The molecule has 1 aliphatic heterocycles. The number of rotatable bonds is 5. The van der Waals surface area contributed by atoms with Gasteiger partial charge in [-0.15, -0.1) is 12.4 Å². The van der Waals surface area contributed by atoms with Crippen LogP contribution in [0.4, 0.5) is 0 Å². The van der Waals surface area contributed by atoms with Gasteiger partial charge in [0.25, 0.3) is 5.56 Å². The van der Waals surface area contributed by atoms with Gasteiger partial charge < -0.3 is 10.4 Å². The minimum absolute atomic E-state index is 0. The van der Waals surface area contributed by atoms with Crippen LogP contribution in [0.2, 0.25) is 0 Å². The van der Waals surface area contributed by atoms with Crippen LogP contribution in [0.5, 0.6) is 0 Å². The van der Waals surface area contributed by atoms with Crippen LogP contribution in [0.25, 0.3) is 10.9 Å². The molecule has 2 N–H and O–H groups in total. The summed E-state index contributed by atoms with van der Waals surface area (Å²) in [7, 11) is 0. The lowest BCUT2D eigenvalue weighted by molar-refractivity contribution is -0.121. The van der Waals surface area contributed by atoms with Gasteiger partial charge in [0, 0.05) is 16.9 Å². The first-order valence-corrected chi connectivity index (χ1v) is 9.39. The molecule has 1 aromatic heterocycles. The number of carbonyl (C=O) groups excluding carboxylic acids is 1. The van der Waals surface area contributed by atoms with Gasteiger partial charge in [-0.1, -0.05) is 22.9 Å². The molecular weight excluding hydrogens is 422 g/mol. The minimum Gasteiger partial charge on any atom is -0.391 e. The third kappa shape index (κ3) is 4.52. The summed E-state index contributed by atoms with van der Waals surface area (Å²) in [5.41, 5.74) is 1.46. The van der Waals surface area contributed by atoms with E-state index in [1.54, 1.807) is 6.07 Å². The SMILES string of the molecule is CCc1cc(Br)cc2c(=O)n(CC(=O)C[C@H]3NCCC[C@@H]3O)cnc12.Cl. The van der Waals surface area contributed by atoms with Crippen molar-refractivity contribution in [1.29, 1.82) is 0 Å². The van der Waals surface area contributed by atoms with Crippen molar-refractivity contribution in [2.45, 2.75) is 51.3 Å². The molecule has 8 heteroatoms. The lowest BCUT2D eigenvalue weighted by atomic mass is 9.97. The van der Waals surface area contributed by atoms with Gasteiger partial charge in [0.1, 0.15) is 0 Å². The highest BCUT2D eigenvalue weighted by Crippen LogP contribution is 2.21. The molecule has 0 bridgehead atoms. The molecule has 1 fully saturated rings. The number of halogens is 2. The van der Waals surface area contributed by atoms with Crippen LogP contribution in [0, 0.1) is 0 Å². The van der Waals surface area contributed by atoms with Crippen LogP contribution in [-0.4, -0.2) is 39.1 Å². The van der Waals surface area contributed by atoms with Gasteiger partial charge >= 0.3 is 0 Å². The Morgan fingerprint density at radius 1 is 1.46 bits per heavy atom. The Kier molecular flexibility index (Phi) is 7.34. The van der Waals surface area contributed by atoms with E-state index in [-0.39, 0.29) is 42.8 Å². The average molecular weight is 445 g/mol. The number of aryl methyl sites for hydroxylation is 1. The summed E-state index contributed by atoms with van der Waals surface area (Å²) in [6, 6.07) is 3.48. The number of hydrogen-bond donors (Lipinski definition) is 2. The predicted molar refractivity (Wildman–Crippen MR) is 107 cm³/mol. The Hall–Kier alpha value is -1.28. The van der Waals surface area contributed by atoms with Crippen LogP contribution in [0.3, 0.4) is 0 Å². The maximum absolute atomic E-state index is 12.7. The summed E-state index contributed by atoms with van der Waals surface area (Å²) in [6.07, 6.45) is 3.54. The molecule has 2 heterocycles. The van der Waals surface area contributed by atoms with E-state index in [4.69, 9.17) is 0 Å². The third-order valence-electron chi connectivity index (χ3n) is 4.69. The smallest absolute Gasteiger partial charge is 0.261 e.